The molecule has 0 aromatic heterocycles. The summed E-state index contributed by atoms with van der Waals surface area (Å²) in [5.74, 6) is 0.895. The second-order valence-corrected chi connectivity index (χ2v) is 4.00. The zero-order chi connectivity index (χ0) is 11.1. The SMILES string of the molecule is CCOc1ccc(Br)cc1CNCCO.Cl. The number of hydrogen-bond donors (Lipinski definition) is 2. The molecule has 0 saturated carbocycles. The van der Waals surface area contributed by atoms with Crippen molar-refractivity contribution in [1.29, 1.82) is 0 Å². The second-order valence-electron chi connectivity index (χ2n) is 3.09. The molecule has 0 unspecified atom stereocenters. The number of benzene rings is 1. The Kier molecular flexibility index (Phi) is 8.66. The average Bonchev–Trinajstić information content (AvgIpc) is 2.22. The Hall–Kier alpha value is -0.290. The van der Waals surface area contributed by atoms with Gasteiger partial charge in [0, 0.05) is 23.1 Å². The van der Waals surface area contributed by atoms with Crippen molar-refractivity contribution in [2.75, 3.05) is 19.8 Å². The second kappa shape index (κ2) is 8.82. The van der Waals surface area contributed by atoms with Gasteiger partial charge in [-0.3, -0.25) is 0 Å². The van der Waals surface area contributed by atoms with Crippen LogP contribution in [-0.2, 0) is 6.54 Å². The molecule has 0 aliphatic heterocycles. The van der Waals surface area contributed by atoms with Crippen LogP contribution >= 0.6 is 28.3 Å². The minimum Gasteiger partial charge on any atom is -0.494 e. The summed E-state index contributed by atoms with van der Waals surface area (Å²) in [6.07, 6.45) is 0. The first kappa shape index (κ1) is 15.7. The van der Waals surface area contributed by atoms with E-state index in [2.05, 4.69) is 21.2 Å². The molecule has 1 aromatic carbocycles. The number of aliphatic hydroxyl groups is 1. The molecule has 0 bridgehead atoms. The standard InChI is InChI=1S/C11H16BrNO2.ClH/c1-2-15-11-4-3-10(12)7-9(11)8-13-5-6-14;/h3-4,7,13-14H,2,5-6,8H2,1H3;1H. The van der Waals surface area contributed by atoms with Crippen molar-refractivity contribution in [3.63, 3.8) is 0 Å². The summed E-state index contributed by atoms with van der Waals surface area (Å²) in [4.78, 5) is 0. The van der Waals surface area contributed by atoms with Gasteiger partial charge in [-0.05, 0) is 25.1 Å². The van der Waals surface area contributed by atoms with Gasteiger partial charge in [-0.2, -0.15) is 0 Å². The van der Waals surface area contributed by atoms with E-state index in [0.29, 0.717) is 19.7 Å². The predicted molar refractivity (Wildman–Crippen MR) is 71.4 cm³/mol. The van der Waals surface area contributed by atoms with E-state index in [9.17, 15) is 0 Å². The Morgan fingerprint density at radius 3 is 2.81 bits per heavy atom. The lowest BCUT2D eigenvalue weighted by Crippen LogP contribution is -2.18. The Morgan fingerprint density at radius 1 is 1.44 bits per heavy atom. The van der Waals surface area contributed by atoms with Crippen LogP contribution in [0.1, 0.15) is 12.5 Å². The van der Waals surface area contributed by atoms with Crippen LogP contribution in [0.5, 0.6) is 5.75 Å². The van der Waals surface area contributed by atoms with Gasteiger partial charge in [-0.15, -0.1) is 12.4 Å². The van der Waals surface area contributed by atoms with Crippen LogP contribution in [-0.4, -0.2) is 24.9 Å². The lowest BCUT2D eigenvalue weighted by molar-refractivity contribution is 0.290. The molecule has 0 aliphatic carbocycles. The fourth-order valence-corrected chi connectivity index (χ4v) is 1.69. The van der Waals surface area contributed by atoms with E-state index < -0.39 is 0 Å². The predicted octanol–water partition coefficient (Wildman–Crippen LogP) is 2.35. The maximum Gasteiger partial charge on any atom is 0.123 e. The molecule has 0 heterocycles. The van der Waals surface area contributed by atoms with E-state index in [1.807, 2.05) is 25.1 Å². The third-order valence-electron chi connectivity index (χ3n) is 1.93. The summed E-state index contributed by atoms with van der Waals surface area (Å²) >= 11 is 3.42. The molecule has 16 heavy (non-hydrogen) atoms. The van der Waals surface area contributed by atoms with Gasteiger partial charge in [0.25, 0.3) is 0 Å². The zero-order valence-corrected chi connectivity index (χ0v) is 11.6. The van der Waals surface area contributed by atoms with Crippen molar-refractivity contribution < 1.29 is 9.84 Å². The highest BCUT2D eigenvalue weighted by Crippen LogP contribution is 2.23. The normalized spacial score (nSPS) is 9.69. The quantitative estimate of drug-likeness (QED) is 0.793. The number of rotatable bonds is 6. The summed E-state index contributed by atoms with van der Waals surface area (Å²) in [5.41, 5.74) is 1.10. The highest BCUT2D eigenvalue weighted by atomic mass is 79.9. The Balaban J connectivity index is 0.00000225. The van der Waals surface area contributed by atoms with Crippen molar-refractivity contribution in [2.24, 2.45) is 0 Å². The van der Waals surface area contributed by atoms with Crippen LogP contribution < -0.4 is 10.1 Å². The molecular formula is C11H17BrClNO2. The highest BCUT2D eigenvalue weighted by Gasteiger charge is 2.03. The Bertz CT molecular complexity index is 310. The van der Waals surface area contributed by atoms with Crippen molar-refractivity contribution in [3.8, 4) is 5.75 Å². The first-order valence-corrected chi connectivity index (χ1v) is 5.80. The third-order valence-corrected chi connectivity index (χ3v) is 2.42. The largest absolute Gasteiger partial charge is 0.494 e. The third kappa shape index (κ3) is 5.16. The van der Waals surface area contributed by atoms with Crippen LogP contribution in [0.15, 0.2) is 22.7 Å². The number of nitrogens with one attached hydrogen (secondary N) is 1. The molecule has 1 rings (SSSR count). The molecule has 0 atom stereocenters. The average molecular weight is 311 g/mol. The molecule has 0 spiro atoms. The van der Waals surface area contributed by atoms with Crippen molar-refractivity contribution in [2.45, 2.75) is 13.5 Å². The fourth-order valence-electron chi connectivity index (χ4n) is 1.28. The van der Waals surface area contributed by atoms with Gasteiger partial charge in [-0.1, -0.05) is 15.9 Å². The monoisotopic (exact) mass is 309 g/mol. The van der Waals surface area contributed by atoms with E-state index in [4.69, 9.17) is 9.84 Å². The van der Waals surface area contributed by atoms with E-state index >= 15 is 0 Å². The summed E-state index contributed by atoms with van der Waals surface area (Å²) in [5, 5.41) is 11.8. The molecule has 0 radical (unpaired) electrons. The smallest absolute Gasteiger partial charge is 0.123 e. The van der Waals surface area contributed by atoms with E-state index in [1.165, 1.54) is 0 Å². The zero-order valence-electron chi connectivity index (χ0n) is 9.20. The van der Waals surface area contributed by atoms with Crippen molar-refractivity contribution >= 4 is 28.3 Å². The molecule has 2 N–H and O–H groups in total. The molecule has 92 valence electrons. The first-order valence-electron chi connectivity index (χ1n) is 5.00. The van der Waals surface area contributed by atoms with Crippen molar-refractivity contribution in [1.82, 2.24) is 5.32 Å². The van der Waals surface area contributed by atoms with E-state index in [-0.39, 0.29) is 19.0 Å². The van der Waals surface area contributed by atoms with Gasteiger partial charge >= 0.3 is 0 Å². The van der Waals surface area contributed by atoms with E-state index in [1.54, 1.807) is 0 Å². The summed E-state index contributed by atoms with van der Waals surface area (Å²) < 4.78 is 6.53. The number of halogens is 2. The highest BCUT2D eigenvalue weighted by molar-refractivity contribution is 9.10. The molecule has 0 saturated heterocycles. The van der Waals surface area contributed by atoms with E-state index in [0.717, 1.165) is 15.8 Å². The molecular weight excluding hydrogens is 293 g/mol. The molecule has 5 heteroatoms. The maximum absolute atomic E-state index is 8.67. The van der Waals surface area contributed by atoms with Crippen LogP contribution in [0, 0.1) is 0 Å². The van der Waals surface area contributed by atoms with Crippen LogP contribution in [0.4, 0.5) is 0 Å². The number of hydrogen-bond acceptors (Lipinski definition) is 3. The first-order chi connectivity index (χ1) is 7.27. The molecule has 0 amide bonds. The van der Waals surface area contributed by atoms with Crippen molar-refractivity contribution in [3.05, 3.63) is 28.2 Å². The molecule has 0 aliphatic rings. The lowest BCUT2D eigenvalue weighted by atomic mass is 10.2. The van der Waals surface area contributed by atoms with Gasteiger partial charge < -0.3 is 15.2 Å². The van der Waals surface area contributed by atoms with Gasteiger partial charge in [-0.25, -0.2) is 0 Å². The van der Waals surface area contributed by atoms with Crippen LogP contribution in [0.25, 0.3) is 0 Å². The summed E-state index contributed by atoms with van der Waals surface area (Å²) in [6.45, 7) is 4.08. The topological polar surface area (TPSA) is 41.5 Å². The lowest BCUT2D eigenvalue weighted by Gasteiger charge is -2.11. The Morgan fingerprint density at radius 2 is 2.19 bits per heavy atom. The summed E-state index contributed by atoms with van der Waals surface area (Å²) in [6, 6.07) is 5.93. The number of aliphatic hydroxyl groups excluding tert-OH is 1. The molecule has 1 aromatic rings. The van der Waals surface area contributed by atoms with Gasteiger partial charge in [0.2, 0.25) is 0 Å². The van der Waals surface area contributed by atoms with Gasteiger partial charge in [0.05, 0.1) is 13.2 Å². The maximum atomic E-state index is 8.67. The number of ether oxygens (including phenoxy) is 1. The molecule has 0 fully saturated rings. The summed E-state index contributed by atoms with van der Waals surface area (Å²) in [7, 11) is 0. The van der Waals surface area contributed by atoms with Crippen LogP contribution in [0.2, 0.25) is 0 Å². The van der Waals surface area contributed by atoms with Gasteiger partial charge in [0.1, 0.15) is 5.75 Å². The van der Waals surface area contributed by atoms with Gasteiger partial charge in [0.15, 0.2) is 0 Å². The minimum atomic E-state index is 0. The fraction of sp³-hybridized carbons (Fsp3) is 0.455. The Labute approximate surface area is 111 Å². The molecule has 3 nitrogen and oxygen atoms in total. The van der Waals surface area contributed by atoms with Crippen LogP contribution in [0.3, 0.4) is 0 Å². The minimum absolute atomic E-state index is 0.